The van der Waals surface area contributed by atoms with Gasteiger partial charge in [0.15, 0.2) is 0 Å². The highest BCUT2D eigenvalue weighted by Gasteiger charge is 2.36. The third-order valence-electron chi connectivity index (χ3n) is 3.86. The van der Waals surface area contributed by atoms with Gasteiger partial charge in [-0.2, -0.15) is 0 Å². The van der Waals surface area contributed by atoms with Gasteiger partial charge in [-0.1, -0.05) is 12.1 Å². The molecule has 1 N–H and O–H groups in total. The average molecular weight is 260 g/mol. The molecular weight excluding hydrogens is 240 g/mol. The first-order chi connectivity index (χ1) is 9.28. The van der Waals surface area contributed by atoms with Crippen molar-refractivity contribution in [3.8, 4) is 0 Å². The van der Waals surface area contributed by atoms with Crippen LogP contribution in [0.1, 0.15) is 30.1 Å². The van der Waals surface area contributed by atoms with Crippen molar-refractivity contribution in [1.29, 1.82) is 0 Å². The summed E-state index contributed by atoms with van der Waals surface area (Å²) in [5.74, 6) is 0.122. The van der Waals surface area contributed by atoms with Crippen LogP contribution < -0.4 is 5.32 Å². The smallest absolute Gasteiger partial charge is 0.256 e. The summed E-state index contributed by atoms with van der Waals surface area (Å²) in [6, 6.07) is 7.74. The number of nitrogens with one attached hydrogen (secondary N) is 1. The molecule has 1 aromatic rings. The lowest BCUT2D eigenvalue weighted by Gasteiger charge is -2.32. The van der Waals surface area contributed by atoms with Gasteiger partial charge in [-0.3, -0.25) is 4.79 Å². The minimum atomic E-state index is 0.122. The maximum absolute atomic E-state index is 12.6. The number of rotatable bonds is 3. The molecule has 102 valence electrons. The number of nitrogens with zero attached hydrogens (tertiary/aromatic N) is 1. The molecule has 2 aliphatic heterocycles. The third-order valence-corrected chi connectivity index (χ3v) is 3.86. The summed E-state index contributed by atoms with van der Waals surface area (Å²) < 4.78 is 5.78. The van der Waals surface area contributed by atoms with Crippen LogP contribution in [0.2, 0.25) is 0 Å². The van der Waals surface area contributed by atoms with Crippen LogP contribution in [0.25, 0.3) is 0 Å². The highest BCUT2D eigenvalue weighted by molar-refractivity contribution is 5.99. The highest BCUT2D eigenvalue weighted by atomic mass is 16.5. The normalized spacial score (nSPS) is 25.4. The molecule has 0 saturated carbocycles. The first kappa shape index (κ1) is 12.5. The summed E-state index contributed by atoms with van der Waals surface area (Å²) in [4.78, 5) is 14.6. The van der Waals surface area contributed by atoms with E-state index in [1.165, 1.54) is 0 Å². The number of para-hydroxylation sites is 1. The lowest BCUT2D eigenvalue weighted by molar-refractivity contribution is -0.0303. The monoisotopic (exact) mass is 260 g/mol. The SMILES string of the molecule is CCNc1ccccc1C(=O)N1CC2CCC(C1)O2. The summed E-state index contributed by atoms with van der Waals surface area (Å²) in [6.45, 7) is 4.32. The van der Waals surface area contributed by atoms with Crippen molar-refractivity contribution >= 4 is 11.6 Å². The minimum Gasteiger partial charge on any atom is -0.385 e. The maximum Gasteiger partial charge on any atom is 0.256 e. The summed E-state index contributed by atoms with van der Waals surface area (Å²) in [5.41, 5.74) is 1.69. The van der Waals surface area contributed by atoms with E-state index in [1.807, 2.05) is 36.1 Å². The van der Waals surface area contributed by atoms with E-state index in [2.05, 4.69) is 5.32 Å². The molecule has 0 radical (unpaired) electrons. The Morgan fingerprint density at radius 1 is 1.32 bits per heavy atom. The van der Waals surface area contributed by atoms with Gasteiger partial charge in [0.2, 0.25) is 0 Å². The molecule has 3 rings (SSSR count). The Hall–Kier alpha value is -1.55. The highest BCUT2D eigenvalue weighted by Crippen LogP contribution is 2.28. The number of amides is 1. The van der Waals surface area contributed by atoms with Crippen LogP contribution in [0, 0.1) is 0 Å². The molecule has 0 aliphatic carbocycles. The number of morpholine rings is 1. The van der Waals surface area contributed by atoms with E-state index in [-0.39, 0.29) is 18.1 Å². The molecule has 0 spiro atoms. The van der Waals surface area contributed by atoms with Crippen LogP contribution in [0.15, 0.2) is 24.3 Å². The number of anilines is 1. The zero-order valence-corrected chi connectivity index (χ0v) is 11.3. The Bertz CT molecular complexity index is 463. The minimum absolute atomic E-state index is 0.122. The van der Waals surface area contributed by atoms with Gasteiger partial charge in [-0.15, -0.1) is 0 Å². The van der Waals surface area contributed by atoms with Gasteiger partial charge in [0.05, 0.1) is 17.8 Å². The quantitative estimate of drug-likeness (QED) is 0.905. The molecule has 19 heavy (non-hydrogen) atoms. The van der Waals surface area contributed by atoms with E-state index in [0.717, 1.165) is 43.7 Å². The average Bonchev–Trinajstić information content (AvgIpc) is 2.78. The van der Waals surface area contributed by atoms with E-state index in [1.54, 1.807) is 0 Å². The molecule has 2 saturated heterocycles. The molecule has 2 heterocycles. The number of carbonyl (C=O) groups excluding carboxylic acids is 1. The van der Waals surface area contributed by atoms with E-state index in [4.69, 9.17) is 4.74 Å². The molecular formula is C15H20N2O2. The van der Waals surface area contributed by atoms with Crippen LogP contribution in [-0.4, -0.2) is 42.6 Å². The van der Waals surface area contributed by atoms with Crippen molar-refractivity contribution in [3.05, 3.63) is 29.8 Å². The number of hydrogen-bond donors (Lipinski definition) is 1. The fourth-order valence-corrected chi connectivity index (χ4v) is 2.97. The second-order valence-electron chi connectivity index (χ2n) is 5.24. The van der Waals surface area contributed by atoms with Crippen LogP contribution in [0.4, 0.5) is 5.69 Å². The number of benzene rings is 1. The van der Waals surface area contributed by atoms with Gasteiger partial charge in [-0.05, 0) is 31.9 Å². The van der Waals surface area contributed by atoms with E-state index >= 15 is 0 Å². The summed E-state index contributed by atoms with van der Waals surface area (Å²) in [7, 11) is 0. The second kappa shape index (κ2) is 5.21. The lowest BCUT2D eigenvalue weighted by atomic mass is 10.1. The van der Waals surface area contributed by atoms with Crippen molar-refractivity contribution < 1.29 is 9.53 Å². The molecule has 2 unspecified atom stereocenters. The fourth-order valence-electron chi connectivity index (χ4n) is 2.97. The molecule has 2 bridgehead atoms. The number of fused-ring (bicyclic) bond motifs is 2. The first-order valence-corrected chi connectivity index (χ1v) is 7.05. The van der Waals surface area contributed by atoms with Crippen LogP contribution in [-0.2, 0) is 4.74 Å². The fraction of sp³-hybridized carbons (Fsp3) is 0.533. The standard InChI is InChI=1S/C15H20N2O2/c1-2-16-14-6-4-3-5-13(14)15(18)17-9-11-7-8-12(10-17)19-11/h3-6,11-12,16H,2,7-10H2,1H3. The molecule has 4 heteroatoms. The van der Waals surface area contributed by atoms with Gasteiger partial charge in [0, 0.05) is 25.3 Å². The van der Waals surface area contributed by atoms with Crippen molar-refractivity contribution in [2.45, 2.75) is 32.0 Å². The Kier molecular flexibility index (Phi) is 3.42. The molecule has 1 aromatic carbocycles. The van der Waals surface area contributed by atoms with Gasteiger partial charge in [-0.25, -0.2) is 0 Å². The van der Waals surface area contributed by atoms with E-state index in [0.29, 0.717) is 0 Å². The van der Waals surface area contributed by atoms with Crippen molar-refractivity contribution in [1.82, 2.24) is 4.90 Å². The largest absolute Gasteiger partial charge is 0.385 e. The van der Waals surface area contributed by atoms with Gasteiger partial charge in [0.25, 0.3) is 5.91 Å². The second-order valence-corrected chi connectivity index (χ2v) is 5.24. The van der Waals surface area contributed by atoms with E-state index in [9.17, 15) is 4.79 Å². The maximum atomic E-state index is 12.6. The predicted molar refractivity (Wildman–Crippen MR) is 74.4 cm³/mol. The Balaban J connectivity index is 1.80. The number of ether oxygens (including phenoxy) is 1. The summed E-state index contributed by atoms with van der Waals surface area (Å²) in [5, 5.41) is 3.26. The van der Waals surface area contributed by atoms with Crippen LogP contribution >= 0.6 is 0 Å². The van der Waals surface area contributed by atoms with Crippen molar-refractivity contribution in [2.75, 3.05) is 25.0 Å². The lowest BCUT2D eigenvalue weighted by Crippen LogP contribution is -2.45. The predicted octanol–water partition coefficient (Wildman–Crippen LogP) is 2.12. The summed E-state index contributed by atoms with van der Waals surface area (Å²) in [6.07, 6.45) is 2.66. The molecule has 2 aliphatic rings. The van der Waals surface area contributed by atoms with Gasteiger partial charge in [0.1, 0.15) is 0 Å². The Morgan fingerprint density at radius 3 is 2.68 bits per heavy atom. The first-order valence-electron chi connectivity index (χ1n) is 7.05. The molecule has 1 amide bonds. The van der Waals surface area contributed by atoms with Crippen LogP contribution in [0.3, 0.4) is 0 Å². The van der Waals surface area contributed by atoms with Crippen molar-refractivity contribution in [2.24, 2.45) is 0 Å². The number of likely N-dealkylation sites (tertiary alicyclic amines) is 1. The van der Waals surface area contributed by atoms with Gasteiger partial charge >= 0.3 is 0 Å². The van der Waals surface area contributed by atoms with E-state index < -0.39 is 0 Å². The summed E-state index contributed by atoms with van der Waals surface area (Å²) >= 11 is 0. The third kappa shape index (κ3) is 2.45. The van der Waals surface area contributed by atoms with Crippen molar-refractivity contribution in [3.63, 3.8) is 0 Å². The van der Waals surface area contributed by atoms with Gasteiger partial charge < -0.3 is 15.0 Å². The molecule has 2 atom stereocenters. The molecule has 2 fully saturated rings. The van der Waals surface area contributed by atoms with Crippen LogP contribution in [0.5, 0.6) is 0 Å². The number of carbonyl (C=O) groups is 1. The molecule has 4 nitrogen and oxygen atoms in total. The Labute approximate surface area is 113 Å². The number of hydrogen-bond acceptors (Lipinski definition) is 3. The molecule has 0 aromatic heterocycles. The Morgan fingerprint density at radius 2 is 2.00 bits per heavy atom. The zero-order chi connectivity index (χ0) is 13.2. The zero-order valence-electron chi connectivity index (χ0n) is 11.3. The topological polar surface area (TPSA) is 41.6 Å².